The van der Waals surface area contributed by atoms with Crippen LogP contribution in [0.4, 0.5) is 10.2 Å². The Kier molecular flexibility index (Phi) is 6.06. The van der Waals surface area contributed by atoms with E-state index in [-0.39, 0.29) is 12.2 Å². The lowest BCUT2D eigenvalue weighted by Gasteiger charge is -2.07. The number of aliphatic carboxylic acids is 1. The molecule has 2 N–H and O–H groups in total. The maximum absolute atomic E-state index is 14.1. The molecule has 0 saturated heterocycles. The molecule has 0 saturated carbocycles. The van der Waals surface area contributed by atoms with E-state index in [1.165, 1.54) is 29.0 Å². The van der Waals surface area contributed by atoms with Gasteiger partial charge in [-0.1, -0.05) is 13.0 Å². The number of fused-ring (bicyclic) bond motifs is 1. The highest BCUT2D eigenvalue weighted by Crippen LogP contribution is 2.32. The number of carboxylic acid groups (broad SMARTS) is 1. The fourth-order valence-electron chi connectivity index (χ4n) is 3.34. The van der Waals surface area contributed by atoms with E-state index in [0.29, 0.717) is 23.5 Å². The summed E-state index contributed by atoms with van der Waals surface area (Å²) >= 11 is 2.87. The molecule has 8 heteroatoms. The highest BCUT2D eigenvalue weighted by molar-refractivity contribution is 7.17. The number of nitrogens with zero attached hydrogens (tertiary/aromatic N) is 2. The van der Waals surface area contributed by atoms with Gasteiger partial charge < -0.3 is 10.4 Å². The Labute approximate surface area is 181 Å². The van der Waals surface area contributed by atoms with Crippen LogP contribution in [0.2, 0.25) is 0 Å². The van der Waals surface area contributed by atoms with Gasteiger partial charge in [0.25, 0.3) is 0 Å². The molecular weight excluding hydrogens is 421 g/mol. The van der Waals surface area contributed by atoms with E-state index in [1.54, 1.807) is 6.07 Å². The van der Waals surface area contributed by atoms with Gasteiger partial charge in [0.1, 0.15) is 18.0 Å². The van der Waals surface area contributed by atoms with Crippen molar-refractivity contribution in [3.8, 4) is 10.6 Å². The van der Waals surface area contributed by atoms with Crippen LogP contribution in [0.3, 0.4) is 0 Å². The zero-order chi connectivity index (χ0) is 21.1. The number of aromatic nitrogens is 2. The third-order valence-electron chi connectivity index (χ3n) is 4.79. The zero-order valence-corrected chi connectivity index (χ0v) is 17.9. The number of nitrogens with one attached hydrogen (secondary N) is 1. The molecule has 1 aromatic carbocycles. The smallest absolute Gasteiger partial charge is 0.308 e. The minimum Gasteiger partial charge on any atom is -0.481 e. The van der Waals surface area contributed by atoms with E-state index >= 15 is 0 Å². The van der Waals surface area contributed by atoms with Crippen LogP contribution < -0.4 is 5.32 Å². The van der Waals surface area contributed by atoms with Crippen LogP contribution in [0.25, 0.3) is 20.7 Å². The number of carbonyl (C=O) groups is 1. The molecule has 3 heterocycles. The fourth-order valence-corrected chi connectivity index (χ4v) is 5.34. The summed E-state index contributed by atoms with van der Waals surface area (Å²) in [5.41, 5.74) is 2.73. The Morgan fingerprint density at radius 2 is 2.10 bits per heavy atom. The van der Waals surface area contributed by atoms with Crippen molar-refractivity contribution in [1.82, 2.24) is 9.97 Å². The normalized spacial score (nSPS) is 11.1. The van der Waals surface area contributed by atoms with Crippen LogP contribution in [0.1, 0.15) is 22.9 Å². The number of benzene rings is 1. The van der Waals surface area contributed by atoms with E-state index in [0.717, 1.165) is 38.4 Å². The molecule has 4 rings (SSSR count). The molecule has 0 spiro atoms. The lowest BCUT2D eigenvalue weighted by molar-refractivity contribution is -0.136. The minimum absolute atomic E-state index is 0.0229. The predicted molar refractivity (Wildman–Crippen MR) is 120 cm³/mol. The van der Waals surface area contributed by atoms with Crippen LogP contribution in [0.15, 0.2) is 42.0 Å². The average Bonchev–Trinajstić information content (AvgIpc) is 3.35. The third kappa shape index (κ3) is 4.49. The first-order chi connectivity index (χ1) is 14.5. The topological polar surface area (TPSA) is 75.1 Å². The molecule has 5 nitrogen and oxygen atoms in total. The summed E-state index contributed by atoms with van der Waals surface area (Å²) in [5.74, 6) is -0.327. The number of hydrogen-bond acceptors (Lipinski definition) is 6. The number of thiophene rings is 2. The summed E-state index contributed by atoms with van der Waals surface area (Å²) in [4.78, 5) is 21.5. The lowest BCUT2D eigenvalue weighted by atomic mass is 10.1. The van der Waals surface area contributed by atoms with Crippen LogP contribution in [-0.4, -0.2) is 27.6 Å². The molecule has 3 aromatic heterocycles. The largest absolute Gasteiger partial charge is 0.481 e. The molecule has 154 valence electrons. The molecule has 0 amide bonds. The second-order valence-corrected chi connectivity index (χ2v) is 8.92. The van der Waals surface area contributed by atoms with Crippen LogP contribution in [0.5, 0.6) is 0 Å². The van der Waals surface area contributed by atoms with Gasteiger partial charge in [-0.2, -0.15) is 0 Å². The summed E-state index contributed by atoms with van der Waals surface area (Å²) in [6.45, 7) is 2.63. The van der Waals surface area contributed by atoms with Gasteiger partial charge in [-0.15, -0.1) is 22.7 Å². The number of carboxylic acids is 1. The number of aryl methyl sites for hydroxylation is 1. The van der Waals surface area contributed by atoms with Gasteiger partial charge in [-0.05, 0) is 52.9 Å². The van der Waals surface area contributed by atoms with Gasteiger partial charge in [0.2, 0.25) is 0 Å². The van der Waals surface area contributed by atoms with Crippen molar-refractivity contribution in [3.63, 3.8) is 0 Å². The molecule has 0 radical (unpaired) electrons. The van der Waals surface area contributed by atoms with Crippen molar-refractivity contribution in [2.75, 3.05) is 11.9 Å². The molecule has 4 aromatic rings. The van der Waals surface area contributed by atoms with E-state index in [2.05, 4.69) is 15.3 Å². The summed E-state index contributed by atoms with van der Waals surface area (Å²) < 4.78 is 14.8. The van der Waals surface area contributed by atoms with Crippen LogP contribution in [0, 0.1) is 5.82 Å². The predicted octanol–water partition coefficient (Wildman–Crippen LogP) is 5.40. The van der Waals surface area contributed by atoms with Gasteiger partial charge in [-0.25, -0.2) is 14.4 Å². The van der Waals surface area contributed by atoms with Crippen LogP contribution >= 0.6 is 22.7 Å². The average molecular weight is 442 g/mol. The molecule has 0 atom stereocenters. The summed E-state index contributed by atoms with van der Waals surface area (Å²) in [5, 5.41) is 15.2. The molecule has 0 aliphatic carbocycles. The summed E-state index contributed by atoms with van der Waals surface area (Å²) in [6, 6.07) is 9.41. The Bertz CT molecular complexity index is 1200. The monoisotopic (exact) mass is 441 g/mol. The second-order valence-electron chi connectivity index (χ2n) is 6.86. The second kappa shape index (κ2) is 8.89. The number of anilines is 1. The molecule has 0 unspecified atom stereocenters. The third-order valence-corrected chi connectivity index (χ3v) is 6.93. The van der Waals surface area contributed by atoms with Crippen molar-refractivity contribution < 1.29 is 14.3 Å². The maximum Gasteiger partial charge on any atom is 0.308 e. The van der Waals surface area contributed by atoms with E-state index in [4.69, 9.17) is 5.11 Å². The molecular formula is C22H20FN3O2S2. The van der Waals surface area contributed by atoms with E-state index in [1.807, 2.05) is 36.6 Å². The standard InChI is InChI=1S/C22H20FN3O2S2/c1-2-14-9-19(30-18(14)11-21(27)28)17-10-20(26-12-25-17)24-5-3-13-7-15-4-6-29-22(15)16(23)8-13/h4,6-10,12H,2-3,5,11H2,1H3,(H,27,28)(H,24,25,26). The first-order valence-corrected chi connectivity index (χ1v) is 11.3. The van der Waals surface area contributed by atoms with Crippen LogP contribution in [-0.2, 0) is 24.1 Å². The van der Waals surface area contributed by atoms with Crippen molar-refractivity contribution >= 4 is 44.5 Å². The first kappa shape index (κ1) is 20.4. The first-order valence-electron chi connectivity index (χ1n) is 9.58. The highest BCUT2D eigenvalue weighted by Gasteiger charge is 2.13. The number of halogens is 1. The maximum atomic E-state index is 14.1. The van der Waals surface area contributed by atoms with Crippen molar-refractivity contribution in [2.45, 2.75) is 26.2 Å². The van der Waals surface area contributed by atoms with Crippen molar-refractivity contribution in [3.05, 3.63) is 63.9 Å². The number of rotatable bonds is 8. The Balaban J connectivity index is 1.45. The number of hydrogen-bond donors (Lipinski definition) is 2. The van der Waals surface area contributed by atoms with E-state index in [9.17, 15) is 9.18 Å². The SMILES string of the molecule is CCc1cc(-c2cc(NCCc3cc(F)c4sccc4c3)ncn2)sc1CC(=O)O. The van der Waals surface area contributed by atoms with E-state index < -0.39 is 5.97 Å². The van der Waals surface area contributed by atoms with Gasteiger partial charge in [-0.3, -0.25) is 4.79 Å². The molecule has 0 aliphatic rings. The molecule has 30 heavy (non-hydrogen) atoms. The van der Waals surface area contributed by atoms with Gasteiger partial charge in [0.15, 0.2) is 0 Å². The Morgan fingerprint density at radius 1 is 1.23 bits per heavy atom. The lowest BCUT2D eigenvalue weighted by Crippen LogP contribution is -2.06. The molecule has 0 bridgehead atoms. The highest BCUT2D eigenvalue weighted by atomic mass is 32.1. The van der Waals surface area contributed by atoms with Crippen molar-refractivity contribution in [2.24, 2.45) is 0 Å². The zero-order valence-electron chi connectivity index (χ0n) is 16.3. The summed E-state index contributed by atoms with van der Waals surface area (Å²) in [6.07, 6.45) is 2.97. The fraction of sp³-hybridized carbons (Fsp3) is 0.227. The molecule has 0 aliphatic heterocycles. The molecule has 0 fully saturated rings. The Morgan fingerprint density at radius 3 is 2.90 bits per heavy atom. The quantitative estimate of drug-likeness (QED) is 0.383. The Hall–Kier alpha value is -2.84. The van der Waals surface area contributed by atoms with Gasteiger partial charge >= 0.3 is 5.97 Å². The summed E-state index contributed by atoms with van der Waals surface area (Å²) in [7, 11) is 0. The van der Waals surface area contributed by atoms with Gasteiger partial charge in [0.05, 0.1) is 21.7 Å². The minimum atomic E-state index is -0.833. The van der Waals surface area contributed by atoms with Gasteiger partial charge in [0, 0.05) is 17.5 Å². The van der Waals surface area contributed by atoms with Crippen molar-refractivity contribution in [1.29, 1.82) is 0 Å².